The van der Waals surface area contributed by atoms with Crippen molar-refractivity contribution in [1.82, 2.24) is 0 Å². The zero-order chi connectivity index (χ0) is 7.12. The van der Waals surface area contributed by atoms with Crippen molar-refractivity contribution in [1.29, 1.82) is 0 Å². The van der Waals surface area contributed by atoms with Gasteiger partial charge in [-0.05, 0) is 6.92 Å². The Balaban J connectivity index is 2.84. The molecule has 0 aromatic carbocycles. The first-order chi connectivity index (χ1) is 3.96. The van der Waals surface area contributed by atoms with Gasteiger partial charge in [0.2, 0.25) is 10.0 Å². The zero-order valence-corrected chi connectivity index (χ0v) is 5.94. The molecule has 0 saturated carbocycles. The van der Waals surface area contributed by atoms with E-state index in [4.69, 9.17) is 9.88 Å². The highest BCUT2D eigenvalue weighted by Gasteiger charge is 2.44. The van der Waals surface area contributed by atoms with Crippen LogP contribution >= 0.6 is 0 Å². The average molecular weight is 151 g/mol. The predicted molar refractivity (Wildman–Crippen MR) is 32.3 cm³/mol. The van der Waals surface area contributed by atoms with Crippen LogP contribution in [0.3, 0.4) is 0 Å². The van der Waals surface area contributed by atoms with Gasteiger partial charge in [-0.3, -0.25) is 0 Å². The van der Waals surface area contributed by atoms with E-state index >= 15 is 0 Å². The largest absolute Gasteiger partial charge is 0.378 e. The summed E-state index contributed by atoms with van der Waals surface area (Å²) in [6, 6.07) is 0. The lowest BCUT2D eigenvalue weighted by Gasteiger charge is -2.35. The van der Waals surface area contributed by atoms with E-state index in [9.17, 15) is 8.42 Å². The molecule has 4 nitrogen and oxygen atoms in total. The van der Waals surface area contributed by atoms with Gasteiger partial charge in [-0.2, -0.15) is 0 Å². The molecule has 1 heterocycles. The number of primary sulfonamides is 1. The average Bonchev–Trinajstić information content (AvgIpc) is 1.57. The fourth-order valence-corrected chi connectivity index (χ4v) is 1.05. The van der Waals surface area contributed by atoms with E-state index in [1.807, 2.05) is 0 Å². The molecule has 0 spiro atoms. The summed E-state index contributed by atoms with van der Waals surface area (Å²) < 4.78 is 25.2. The van der Waals surface area contributed by atoms with E-state index in [-0.39, 0.29) is 13.2 Å². The number of hydrogen-bond donors (Lipinski definition) is 1. The Hall–Kier alpha value is -0.130. The van der Waals surface area contributed by atoms with Crippen molar-refractivity contribution in [3.8, 4) is 0 Å². The third-order valence-corrected chi connectivity index (χ3v) is 3.11. The summed E-state index contributed by atoms with van der Waals surface area (Å²) in [5.41, 5.74) is 0. The highest BCUT2D eigenvalue weighted by atomic mass is 32.2. The monoisotopic (exact) mass is 151 g/mol. The first kappa shape index (κ1) is 6.98. The summed E-state index contributed by atoms with van der Waals surface area (Å²) in [4.78, 5) is 0. The van der Waals surface area contributed by atoms with Crippen molar-refractivity contribution in [2.24, 2.45) is 5.14 Å². The van der Waals surface area contributed by atoms with Gasteiger partial charge in [-0.25, -0.2) is 13.6 Å². The number of ether oxygens (including phenoxy) is 1. The van der Waals surface area contributed by atoms with Crippen molar-refractivity contribution >= 4 is 10.0 Å². The minimum absolute atomic E-state index is 0.228. The number of sulfonamides is 1. The van der Waals surface area contributed by atoms with Crippen LogP contribution in [0.15, 0.2) is 0 Å². The molecule has 0 aromatic heterocycles. The SMILES string of the molecule is CC1(S(N)(=O)=O)COC1. The van der Waals surface area contributed by atoms with Crippen LogP contribution in [0.5, 0.6) is 0 Å². The van der Waals surface area contributed by atoms with E-state index in [2.05, 4.69) is 0 Å². The highest BCUT2D eigenvalue weighted by molar-refractivity contribution is 7.90. The normalized spacial score (nSPS) is 25.1. The standard InChI is InChI=1S/C4H9NO3S/c1-4(2-8-3-4)9(5,6)7/h2-3H2,1H3,(H2,5,6,7). The lowest BCUT2D eigenvalue weighted by atomic mass is 10.1. The molecule has 0 bridgehead atoms. The zero-order valence-electron chi connectivity index (χ0n) is 5.12. The van der Waals surface area contributed by atoms with Crippen LogP contribution in [0.25, 0.3) is 0 Å². The number of hydrogen-bond acceptors (Lipinski definition) is 3. The van der Waals surface area contributed by atoms with Crippen molar-refractivity contribution in [2.45, 2.75) is 11.7 Å². The maximum absolute atomic E-state index is 10.6. The van der Waals surface area contributed by atoms with E-state index in [0.717, 1.165) is 0 Å². The van der Waals surface area contributed by atoms with Gasteiger partial charge < -0.3 is 4.74 Å². The minimum atomic E-state index is -3.39. The number of rotatable bonds is 1. The second kappa shape index (κ2) is 1.68. The molecule has 5 heteroatoms. The lowest BCUT2D eigenvalue weighted by molar-refractivity contribution is -0.00488. The molecule has 0 amide bonds. The number of nitrogens with two attached hydrogens (primary N) is 1. The molecule has 1 aliphatic rings. The summed E-state index contributed by atoms with van der Waals surface area (Å²) in [5, 5.41) is 4.87. The maximum atomic E-state index is 10.6. The van der Waals surface area contributed by atoms with Gasteiger partial charge in [-0.15, -0.1) is 0 Å². The summed E-state index contributed by atoms with van der Waals surface area (Å²) in [7, 11) is -3.39. The van der Waals surface area contributed by atoms with Crippen molar-refractivity contribution in [3.63, 3.8) is 0 Å². The molecule has 1 fully saturated rings. The molecule has 1 saturated heterocycles. The summed E-state index contributed by atoms with van der Waals surface area (Å²) in [6.07, 6.45) is 0. The predicted octanol–water partition coefficient (Wildman–Crippen LogP) is -0.936. The van der Waals surface area contributed by atoms with Gasteiger partial charge >= 0.3 is 0 Å². The summed E-state index contributed by atoms with van der Waals surface area (Å²) in [5.74, 6) is 0. The quantitative estimate of drug-likeness (QED) is 0.526. The highest BCUT2D eigenvalue weighted by Crippen LogP contribution is 2.23. The van der Waals surface area contributed by atoms with Gasteiger partial charge in [-0.1, -0.05) is 0 Å². The van der Waals surface area contributed by atoms with Crippen LogP contribution < -0.4 is 5.14 Å². The molecule has 1 aliphatic heterocycles. The second-order valence-electron chi connectivity index (χ2n) is 2.49. The first-order valence-corrected chi connectivity index (χ1v) is 4.10. The van der Waals surface area contributed by atoms with Gasteiger partial charge in [0, 0.05) is 0 Å². The van der Waals surface area contributed by atoms with Crippen LogP contribution in [-0.4, -0.2) is 26.4 Å². The van der Waals surface area contributed by atoms with E-state index in [1.165, 1.54) is 0 Å². The molecule has 1 rings (SSSR count). The summed E-state index contributed by atoms with van der Waals surface area (Å²) >= 11 is 0. The Bertz CT molecular complexity index is 204. The molecule has 0 radical (unpaired) electrons. The van der Waals surface area contributed by atoms with Crippen LogP contribution in [0.1, 0.15) is 6.92 Å². The van der Waals surface area contributed by atoms with E-state index < -0.39 is 14.8 Å². The molecule has 0 atom stereocenters. The molecule has 0 aliphatic carbocycles. The lowest BCUT2D eigenvalue weighted by Crippen LogP contribution is -2.55. The maximum Gasteiger partial charge on any atom is 0.219 e. The Morgan fingerprint density at radius 2 is 2.00 bits per heavy atom. The van der Waals surface area contributed by atoms with Crippen molar-refractivity contribution in [2.75, 3.05) is 13.2 Å². The molecule has 0 unspecified atom stereocenters. The molecule has 54 valence electrons. The summed E-state index contributed by atoms with van der Waals surface area (Å²) in [6.45, 7) is 2.03. The smallest absolute Gasteiger partial charge is 0.219 e. The van der Waals surface area contributed by atoms with Gasteiger partial charge in [0.05, 0.1) is 13.2 Å². The first-order valence-electron chi connectivity index (χ1n) is 2.56. The van der Waals surface area contributed by atoms with Gasteiger partial charge in [0.25, 0.3) is 0 Å². The molecular formula is C4H9NO3S. The Kier molecular flexibility index (Phi) is 1.30. The van der Waals surface area contributed by atoms with Crippen LogP contribution in [-0.2, 0) is 14.8 Å². The third-order valence-electron chi connectivity index (χ3n) is 1.50. The Morgan fingerprint density at radius 1 is 1.56 bits per heavy atom. The molecule has 2 N–H and O–H groups in total. The molecule has 0 aromatic rings. The van der Waals surface area contributed by atoms with Gasteiger partial charge in [0.15, 0.2) is 0 Å². The molecule has 9 heavy (non-hydrogen) atoms. The molecular weight excluding hydrogens is 142 g/mol. The van der Waals surface area contributed by atoms with E-state index in [0.29, 0.717) is 0 Å². The third kappa shape index (κ3) is 0.953. The minimum Gasteiger partial charge on any atom is -0.378 e. The van der Waals surface area contributed by atoms with Crippen molar-refractivity contribution in [3.05, 3.63) is 0 Å². The van der Waals surface area contributed by atoms with Crippen LogP contribution in [0.4, 0.5) is 0 Å². The second-order valence-corrected chi connectivity index (χ2v) is 4.56. The van der Waals surface area contributed by atoms with Crippen molar-refractivity contribution < 1.29 is 13.2 Å². The Morgan fingerprint density at radius 3 is 2.00 bits per heavy atom. The van der Waals surface area contributed by atoms with Crippen LogP contribution in [0, 0.1) is 0 Å². The topological polar surface area (TPSA) is 69.4 Å². The van der Waals surface area contributed by atoms with E-state index in [1.54, 1.807) is 6.92 Å². The van der Waals surface area contributed by atoms with Gasteiger partial charge in [0.1, 0.15) is 4.75 Å². The van der Waals surface area contributed by atoms with Crippen LogP contribution in [0.2, 0.25) is 0 Å². The Labute approximate surface area is 54.0 Å². The fourth-order valence-electron chi connectivity index (χ4n) is 0.554. The fraction of sp³-hybridized carbons (Fsp3) is 1.00.